The van der Waals surface area contributed by atoms with Crippen LogP contribution >= 0.6 is 0 Å². The molecule has 0 radical (unpaired) electrons. The van der Waals surface area contributed by atoms with Crippen LogP contribution in [0, 0.1) is 0 Å². The molecule has 0 spiro atoms. The highest BCUT2D eigenvalue weighted by Gasteiger charge is 2.26. The average Bonchev–Trinajstić information content (AvgIpc) is 2.90. The monoisotopic (exact) mass is 302 g/mol. The lowest BCUT2D eigenvalue weighted by Gasteiger charge is -2.31. The van der Waals surface area contributed by atoms with Gasteiger partial charge >= 0.3 is 0 Å². The van der Waals surface area contributed by atoms with Crippen LogP contribution in [-0.4, -0.2) is 54.3 Å². The highest BCUT2D eigenvalue weighted by molar-refractivity contribution is 7.89. The van der Waals surface area contributed by atoms with Gasteiger partial charge < -0.3 is 10.0 Å². The average molecular weight is 302 g/mol. The van der Waals surface area contributed by atoms with E-state index >= 15 is 0 Å². The Hall–Kier alpha value is -0.960. The van der Waals surface area contributed by atoms with Crippen LogP contribution in [0.4, 0.5) is 0 Å². The summed E-state index contributed by atoms with van der Waals surface area (Å²) in [5, 5.41) is 15.2. The van der Waals surface area contributed by atoms with Gasteiger partial charge in [0, 0.05) is 11.6 Å². The lowest BCUT2D eigenvalue weighted by Crippen LogP contribution is -2.44. The van der Waals surface area contributed by atoms with Crippen molar-refractivity contribution in [3.63, 3.8) is 0 Å². The molecule has 1 aliphatic heterocycles. The number of aromatic nitrogens is 2. The van der Waals surface area contributed by atoms with Gasteiger partial charge in [0.05, 0.1) is 12.8 Å². The molecule has 1 saturated heterocycles. The maximum atomic E-state index is 12.2. The Bertz CT molecular complexity index is 521. The molecular weight excluding hydrogens is 280 g/mol. The smallest absolute Gasteiger partial charge is 0.258 e. The Balaban J connectivity index is 1.97. The van der Waals surface area contributed by atoms with Gasteiger partial charge in [0.2, 0.25) is 0 Å². The molecule has 1 aromatic heterocycles. The Labute approximate surface area is 119 Å². The molecule has 0 amide bonds. The summed E-state index contributed by atoms with van der Waals surface area (Å²) in [4.78, 5) is 2.35. The number of aliphatic hydroxyl groups excluding tert-OH is 1. The summed E-state index contributed by atoms with van der Waals surface area (Å²) in [6.45, 7) is 4.69. The zero-order chi connectivity index (χ0) is 14.6. The van der Waals surface area contributed by atoms with E-state index in [1.54, 1.807) is 0 Å². The predicted octanol–water partition coefficient (Wildman–Crippen LogP) is 0.0547. The predicted molar refractivity (Wildman–Crippen MR) is 74.6 cm³/mol. The van der Waals surface area contributed by atoms with Crippen LogP contribution in [0.15, 0.2) is 11.2 Å². The lowest BCUT2D eigenvalue weighted by atomic mass is 10.1. The number of H-pyrrole nitrogens is 1. The van der Waals surface area contributed by atoms with E-state index in [4.69, 9.17) is 5.11 Å². The number of hydrogen-bond donors (Lipinski definition) is 3. The number of aromatic amines is 1. The van der Waals surface area contributed by atoms with Gasteiger partial charge in [-0.05, 0) is 38.9 Å². The van der Waals surface area contributed by atoms with E-state index in [0.717, 1.165) is 38.9 Å². The van der Waals surface area contributed by atoms with Crippen LogP contribution < -0.4 is 4.72 Å². The maximum absolute atomic E-state index is 12.2. The number of hydrogen-bond acceptors (Lipinski definition) is 5. The maximum Gasteiger partial charge on any atom is 0.258 e. The quantitative estimate of drug-likeness (QED) is 0.690. The molecule has 0 aromatic carbocycles. The molecule has 114 valence electrons. The molecule has 1 aliphatic rings. The summed E-state index contributed by atoms with van der Waals surface area (Å²) < 4.78 is 27.2. The molecule has 8 heteroatoms. The van der Waals surface area contributed by atoms with Crippen LogP contribution in [0.2, 0.25) is 0 Å². The topological polar surface area (TPSA) is 98.3 Å². The molecule has 2 heterocycles. The Morgan fingerprint density at radius 3 is 2.80 bits per heavy atom. The molecule has 1 aromatic rings. The minimum atomic E-state index is -3.64. The van der Waals surface area contributed by atoms with Gasteiger partial charge in [0.25, 0.3) is 10.0 Å². The van der Waals surface area contributed by atoms with Crippen molar-refractivity contribution in [3.05, 3.63) is 11.8 Å². The fraction of sp³-hybridized carbons (Fsp3) is 0.750. The largest absolute Gasteiger partial charge is 0.392 e. The van der Waals surface area contributed by atoms with Crippen LogP contribution in [0.1, 0.15) is 31.7 Å². The minimum Gasteiger partial charge on any atom is -0.392 e. The van der Waals surface area contributed by atoms with Crippen molar-refractivity contribution >= 4 is 10.0 Å². The van der Waals surface area contributed by atoms with Crippen molar-refractivity contribution in [2.24, 2.45) is 0 Å². The molecule has 20 heavy (non-hydrogen) atoms. The molecule has 0 atom stereocenters. The van der Waals surface area contributed by atoms with E-state index in [0.29, 0.717) is 5.56 Å². The van der Waals surface area contributed by atoms with Gasteiger partial charge in [0.1, 0.15) is 0 Å². The minimum absolute atomic E-state index is 0.0315. The van der Waals surface area contributed by atoms with Crippen molar-refractivity contribution in [1.82, 2.24) is 19.8 Å². The second-order valence-electron chi connectivity index (χ2n) is 5.12. The first-order valence-corrected chi connectivity index (χ1v) is 8.43. The van der Waals surface area contributed by atoms with Gasteiger partial charge in [-0.1, -0.05) is 6.92 Å². The first-order chi connectivity index (χ1) is 9.56. The number of sulfonamides is 1. The Kier molecular flexibility index (Phi) is 5.14. The van der Waals surface area contributed by atoms with Crippen LogP contribution in [-0.2, 0) is 16.6 Å². The molecule has 0 saturated carbocycles. The second-order valence-corrected chi connectivity index (χ2v) is 6.77. The first-order valence-electron chi connectivity index (χ1n) is 6.94. The number of nitrogens with one attached hydrogen (secondary N) is 2. The van der Waals surface area contributed by atoms with E-state index in [1.807, 2.05) is 0 Å². The summed E-state index contributed by atoms with van der Waals surface area (Å²) >= 11 is 0. The summed E-state index contributed by atoms with van der Waals surface area (Å²) in [5.74, 6) is 0. The first kappa shape index (κ1) is 15.4. The number of nitrogens with zero attached hydrogens (tertiary/aromatic N) is 2. The van der Waals surface area contributed by atoms with Gasteiger partial charge in [0.15, 0.2) is 5.03 Å². The van der Waals surface area contributed by atoms with E-state index < -0.39 is 10.0 Å². The van der Waals surface area contributed by atoms with Crippen molar-refractivity contribution < 1.29 is 13.5 Å². The van der Waals surface area contributed by atoms with Crippen molar-refractivity contribution in [2.75, 3.05) is 19.6 Å². The number of rotatable bonds is 6. The molecular formula is C12H22N4O3S. The van der Waals surface area contributed by atoms with Gasteiger partial charge in [-0.3, -0.25) is 5.10 Å². The molecule has 0 bridgehead atoms. The van der Waals surface area contributed by atoms with E-state index in [2.05, 4.69) is 26.7 Å². The van der Waals surface area contributed by atoms with Crippen LogP contribution in [0.25, 0.3) is 0 Å². The Morgan fingerprint density at radius 2 is 2.20 bits per heavy atom. The van der Waals surface area contributed by atoms with Crippen molar-refractivity contribution in [2.45, 2.75) is 43.9 Å². The molecule has 2 rings (SSSR count). The standard InChI is InChI=1S/C12H22N4O3S/c1-2-5-16-6-3-11(4-7-16)15-20(18,19)12-10(9-17)8-13-14-12/h8,11,15,17H,2-7,9H2,1H3,(H,13,14). The summed E-state index contributed by atoms with van der Waals surface area (Å²) in [6, 6.07) is -0.0528. The van der Waals surface area contributed by atoms with E-state index in [9.17, 15) is 8.42 Å². The fourth-order valence-electron chi connectivity index (χ4n) is 2.51. The number of aliphatic hydroxyl groups is 1. The third-order valence-corrected chi connectivity index (χ3v) is 5.10. The molecule has 0 unspecified atom stereocenters. The van der Waals surface area contributed by atoms with Gasteiger partial charge in [-0.15, -0.1) is 0 Å². The van der Waals surface area contributed by atoms with Crippen LogP contribution in [0.5, 0.6) is 0 Å². The highest BCUT2D eigenvalue weighted by atomic mass is 32.2. The molecule has 0 aliphatic carbocycles. The third-order valence-electron chi connectivity index (χ3n) is 3.57. The van der Waals surface area contributed by atoms with Gasteiger partial charge in [-0.25, -0.2) is 13.1 Å². The number of likely N-dealkylation sites (tertiary alicyclic amines) is 1. The van der Waals surface area contributed by atoms with E-state index in [1.165, 1.54) is 6.20 Å². The summed E-state index contributed by atoms with van der Waals surface area (Å²) in [7, 11) is -3.64. The Morgan fingerprint density at radius 1 is 1.50 bits per heavy atom. The second kappa shape index (κ2) is 6.66. The molecule has 3 N–H and O–H groups in total. The zero-order valence-corrected chi connectivity index (χ0v) is 12.5. The SMILES string of the molecule is CCCN1CCC(NS(=O)(=O)c2[nH]ncc2CO)CC1. The van der Waals surface area contributed by atoms with Gasteiger partial charge in [-0.2, -0.15) is 5.10 Å². The fourth-order valence-corrected chi connectivity index (χ4v) is 3.94. The zero-order valence-electron chi connectivity index (χ0n) is 11.7. The molecule has 7 nitrogen and oxygen atoms in total. The lowest BCUT2D eigenvalue weighted by molar-refractivity contribution is 0.207. The van der Waals surface area contributed by atoms with Crippen molar-refractivity contribution in [3.8, 4) is 0 Å². The normalized spacial score (nSPS) is 18.5. The number of piperidine rings is 1. The summed E-state index contributed by atoms with van der Waals surface area (Å²) in [6.07, 6.45) is 4.06. The van der Waals surface area contributed by atoms with Crippen molar-refractivity contribution in [1.29, 1.82) is 0 Å². The molecule has 1 fully saturated rings. The van der Waals surface area contributed by atoms with Crippen LogP contribution in [0.3, 0.4) is 0 Å². The third kappa shape index (κ3) is 3.57. The summed E-state index contributed by atoms with van der Waals surface area (Å²) in [5.41, 5.74) is 0.293. The highest BCUT2D eigenvalue weighted by Crippen LogP contribution is 2.16. The van der Waals surface area contributed by atoms with E-state index in [-0.39, 0.29) is 17.7 Å².